The van der Waals surface area contributed by atoms with E-state index in [1.165, 1.54) is 57.1 Å². The molecule has 0 aliphatic carbocycles. The van der Waals surface area contributed by atoms with Crippen LogP contribution in [0.2, 0.25) is 0 Å². The molecule has 0 nitrogen and oxygen atoms in total. The molecule has 2 aliphatic rings. The van der Waals surface area contributed by atoms with Crippen molar-refractivity contribution >= 4 is 77.0 Å². The summed E-state index contributed by atoms with van der Waals surface area (Å²) in [5.74, 6) is 0. The normalized spacial score (nSPS) is 14.8. The molecule has 0 spiro atoms. The van der Waals surface area contributed by atoms with E-state index in [1.54, 1.807) is 15.7 Å². The highest BCUT2D eigenvalue weighted by molar-refractivity contribution is 8.02. The van der Waals surface area contributed by atoms with E-state index in [-0.39, 0.29) is 16.2 Å². The maximum absolute atomic E-state index is 2.53. The highest BCUT2D eigenvalue weighted by Crippen LogP contribution is 2.47. The molecule has 0 amide bonds. The lowest BCUT2D eigenvalue weighted by molar-refractivity contribution is 0.589. The van der Waals surface area contributed by atoms with Crippen LogP contribution in [0.5, 0.6) is 0 Å². The standard InChI is InChI=1S/C34H35BS3/c1-32(2,3)18-11-13-24-22(14-18)27-23-15-20(34(7,8)9)17-26-28(23)35(30(27)36-24)29-21-12-10-19(33(4,5)6)16-25(21)37-31(29)38-26/h10-17H,1-9H3. The topological polar surface area (TPSA) is 0 Å². The maximum atomic E-state index is 2.53. The Labute approximate surface area is 240 Å². The molecule has 0 unspecified atom stereocenters. The summed E-state index contributed by atoms with van der Waals surface area (Å²) in [5, 5.41) is 2.90. The van der Waals surface area contributed by atoms with Crippen molar-refractivity contribution in [3.05, 3.63) is 65.2 Å². The predicted molar refractivity (Wildman–Crippen MR) is 174 cm³/mol. The van der Waals surface area contributed by atoms with Crippen molar-refractivity contribution in [3.8, 4) is 11.1 Å². The van der Waals surface area contributed by atoms with Crippen LogP contribution in [-0.4, -0.2) is 6.71 Å². The second-order valence-corrected chi connectivity index (χ2v) is 17.7. The molecule has 2 aromatic heterocycles. The Morgan fingerprint density at radius 1 is 0.579 bits per heavy atom. The van der Waals surface area contributed by atoms with E-state index in [4.69, 9.17) is 0 Å². The summed E-state index contributed by atoms with van der Waals surface area (Å²) in [6.45, 7) is 21.3. The van der Waals surface area contributed by atoms with E-state index in [0.29, 0.717) is 6.71 Å². The van der Waals surface area contributed by atoms with E-state index in [1.807, 2.05) is 34.4 Å². The van der Waals surface area contributed by atoms with Crippen molar-refractivity contribution in [1.82, 2.24) is 0 Å². The number of rotatable bonds is 0. The van der Waals surface area contributed by atoms with Gasteiger partial charge in [-0.05, 0) is 89.4 Å². The fraction of sp³-hybridized carbons (Fsp3) is 0.353. The van der Waals surface area contributed by atoms with Gasteiger partial charge in [-0.2, -0.15) is 0 Å². The fourth-order valence-corrected chi connectivity index (χ4v) is 10.2. The quantitative estimate of drug-likeness (QED) is 0.170. The number of thiophene rings is 2. The van der Waals surface area contributed by atoms with Gasteiger partial charge in [-0.1, -0.05) is 98.3 Å². The SMILES string of the molecule is CC(C)(C)c1cc2c3c(c1)-c1c(sc4ccc(C(C)(C)C)cc14)B3c1c(sc3cc(C(C)(C)C)ccc13)S2. The molecule has 2 aliphatic heterocycles. The van der Waals surface area contributed by atoms with Crippen LogP contribution in [0.25, 0.3) is 31.3 Å². The molecule has 0 N–H and O–H groups in total. The second-order valence-electron chi connectivity index (χ2n) is 14.3. The zero-order valence-electron chi connectivity index (χ0n) is 23.9. The van der Waals surface area contributed by atoms with Crippen molar-refractivity contribution < 1.29 is 0 Å². The zero-order chi connectivity index (χ0) is 26.9. The summed E-state index contributed by atoms with van der Waals surface area (Å²) in [7, 11) is 0. The van der Waals surface area contributed by atoms with Gasteiger partial charge in [0.1, 0.15) is 0 Å². The van der Waals surface area contributed by atoms with Crippen LogP contribution in [0.1, 0.15) is 79.0 Å². The summed E-state index contributed by atoms with van der Waals surface area (Å²) in [4.78, 5) is 1.47. The van der Waals surface area contributed by atoms with Crippen molar-refractivity contribution in [2.24, 2.45) is 0 Å². The van der Waals surface area contributed by atoms with Gasteiger partial charge >= 0.3 is 0 Å². The minimum Gasteiger partial charge on any atom is -0.149 e. The maximum Gasteiger partial charge on any atom is 0.260 e. The Bertz CT molecular complexity index is 1790. The average Bonchev–Trinajstić information content (AvgIpc) is 3.46. The third-order valence-electron chi connectivity index (χ3n) is 8.46. The molecule has 0 fully saturated rings. The fourth-order valence-electron chi connectivity index (χ4n) is 6.13. The van der Waals surface area contributed by atoms with Gasteiger partial charge in [0.15, 0.2) is 0 Å². The van der Waals surface area contributed by atoms with Gasteiger partial charge < -0.3 is 0 Å². The minimum atomic E-state index is 0.106. The van der Waals surface area contributed by atoms with Crippen LogP contribution in [0.3, 0.4) is 0 Å². The second kappa shape index (κ2) is 7.80. The van der Waals surface area contributed by atoms with Crippen LogP contribution in [0, 0.1) is 0 Å². The van der Waals surface area contributed by atoms with Gasteiger partial charge in [0.05, 0.1) is 4.21 Å². The summed E-state index contributed by atoms with van der Waals surface area (Å²) >= 11 is 6.05. The molecule has 0 saturated carbocycles. The van der Waals surface area contributed by atoms with Gasteiger partial charge in [-0.15, -0.1) is 22.7 Å². The average molecular weight is 551 g/mol. The van der Waals surface area contributed by atoms with Crippen LogP contribution in [0.4, 0.5) is 0 Å². The molecular weight excluding hydrogens is 515 g/mol. The number of fused-ring (bicyclic) bond motifs is 9. The molecule has 0 radical (unpaired) electrons. The van der Waals surface area contributed by atoms with Crippen molar-refractivity contribution in [3.63, 3.8) is 0 Å². The largest absolute Gasteiger partial charge is 0.260 e. The molecule has 4 heterocycles. The van der Waals surface area contributed by atoms with Gasteiger partial charge in [-0.3, -0.25) is 0 Å². The van der Waals surface area contributed by atoms with Gasteiger partial charge in [-0.25, -0.2) is 0 Å². The molecule has 0 atom stereocenters. The summed E-state index contributed by atoms with van der Waals surface area (Å²) in [6, 6.07) is 19.5. The highest BCUT2D eigenvalue weighted by atomic mass is 32.2. The Morgan fingerprint density at radius 2 is 1.24 bits per heavy atom. The number of benzene rings is 3. The highest BCUT2D eigenvalue weighted by Gasteiger charge is 2.44. The summed E-state index contributed by atoms with van der Waals surface area (Å²) in [6.07, 6.45) is 0. The van der Waals surface area contributed by atoms with E-state index in [2.05, 4.69) is 111 Å². The number of hydrogen-bond acceptors (Lipinski definition) is 3. The van der Waals surface area contributed by atoms with Crippen LogP contribution < -0.4 is 15.7 Å². The zero-order valence-corrected chi connectivity index (χ0v) is 26.4. The summed E-state index contributed by atoms with van der Waals surface area (Å²) < 4.78 is 5.89. The molecule has 3 aromatic carbocycles. The molecule has 4 heteroatoms. The lowest BCUT2D eigenvalue weighted by Gasteiger charge is -2.26. The van der Waals surface area contributed by atoms with E-state index >= 15 is 0 Å². The first-order valence-corrected chi connectivity index (χ1v) is 16.2. The molecule has 0 saturated heterocycles. The smallest absolute Gasteiger partial charge is 0.149 e. The van der Waals surface area contributed by atoms with E-state index < -0.39 is 0 Å². The van der Waals surface area contributed by atoms with Gasteiger partial charge in [0.2, 0.25) is 0 Å². The lowest BCUT2D eigenvalue weighted by atomic mass is 9.41. The Morgan fingerprint density at radius 3 is 1.92 bits per heavy atom. The Balaban J connectivity index is 1.56. The first kappa shape index (κ1) is 25.0. The monoisotopic (exact) mass is 550 g/mol. The van der Waals surface area contributed by atoms with E-state index in [9.17, 15) is 0 Å². The van der Waals surface area contributed by atoms with Crippen LogP contribution in [0.15, 0.2) is 57.6 Å². The van der Waals surface area contributed by atoms with Crippen molar-refractivity contribution in [2.75, 3.05) is 0 Å². The van der Waals surface area contributed by atoms with Crippen LogP contribution in [-0.2, 0) is 16.2 Å². The van der Waals surface area contributed by atoms with Gasteiger partial charge in [0.25, 0.3) is 6.71 Å². The van der Waals surface area contributed by atoms with Crippen molar-refractivity contribution in [1.29, 1.82) is 0 Å². The van der Waals surface area contributed by atoms with Crippen LogP contribution >= 0.6 is 34.4 Å². The molecular formula is C34H35BS3. The molecule has 38 heavy (non-hydrogen) atoms. The Kier molecular flexibility index (Phi) is 5.13. The van der Waals surface area contributed by atoms with Crippen molar-refractivity contribution in [2.45, 2.75) is 87.7 Å². The summed E-state index contributed by atoms with van der Waals surface area (Å²) in [5.41, 5.74) is 10.8. The number of hydrogen-bond donors (Lipinski definition) is 0. The molecule has 192 valence electrons. The first-order valence-electron chi connectivity index (χ1n) is 13.7. The van der Waals surface area contributed by atoms with E-state index in [0.717, 1.165) is 0 Å². The van der Waals surface area contributed by atoms with Gasteiger partial charge in [0, 0.05) is 19.7 Å². The third-order valence-corrected chi connectivity index (χ3v) is 12.1. The third kappa shape index (κ3) is 3.56. The Hall–Kier alpha value is -2.01. The molecule has 5 aromatic rings. The molecule has 7 rings (SSSR count). The minimum absolute atomic E-state index is 0.106. The predicted octanol–water partition coefficient (Wildman–Crippen LogP) is 8.97. The molecule has 0 bridgehead atoms. The first-order chi connectivity index (χ1) is 17.7. The lowest BCUT2D eigenvalue weighted by Crippen LogP contribution is -2.51.